The number of carbonyl (C=O) groups excluding carboxylic acids is 1. The Morgan fingerprint density at radius 1 is 0.857 bits per heavy atom. The highest BCUT2D eigenvalue weighted by Gasteiger charge is 2.32. The zero-order valence-electron chi connectivity index (χ0n) is 18.3. The fourth-order valence-electron chi connectivity index (χ4n) is 3.75. The summed E-state index contributed by atoms with van der Waals surface area (Å²) < 4.78 is 5.97. The third kappa shape index (κ3) is 5.88. The Morgan fingerprint density at radius 2 is 1.57 bits per heavy atom. The number of aliphatic carboxylic acids is 1. The minimum atomic E-state index is -1.18. The number of nitrogens with zero attached hydrogens (tertiary/aromatic N) is 1. The van der Waals surface area contributed by atoms with Gasteiger partial charge >= 0.3 is 5.97 Å². The highest BCUT2D eigenvalue weighted by molar-refractivity contribution is 6.36. The summed E-state index contributed by atoms with van der Waals surface area (Å²) in [6, 6.07) is 23.1. The molecule has 1 N–H and O–H groups in total. The van der Waals surface area contributed by atoms with Gasteiger partial charge in [-0.2, -0.15) is 0 Å². The summed E-state index contributed by atoms with van der Waals surface area (Å²) >= 11 is 18.6. The molecule has 0 spiro atoms. The highest BCUT2D eigenvalue weighted by atomic mass is 35.5. The molecule has 4 rings (SSSR count). The predicted octanol–water partition coefficient (Wildman–Crippen LogP) is 7.25. The average Bonchev–Trinajstić information content (AvgIpc) is 3.30. The predicted molar refractivity (Wildman–Crippen MR) is 137 cm³/mol. The van der Waals surface area contributed by atoms with Crippen LogP contribution in [0.1, 0.15) is 21.7 Å². The van der Waals surface area contributed by atoms with E-state index in [1.807, 2.05) is 48.5 Å². The van der Waals surface area contributed by atoms with Crippen molar-refractivity contribution in [1.29, 1.82) is 0 Å². The first-order valence-corrected chi connectivity index (χ1v) is 11.8. The van der Waals surface area contributed by atoms with E-state index in [1.165, 1.54) is 23.1 Å². The number of carboxylic acids is 1. The maximum atomic E-state index is 13.6. The lowest BCUT2D eigenvalue weighted by Crippen LogP contribution is -2.46. The van der Waals surface area contributed by atoms with Gasteiger partial charge in [0, 0.05) is 17.0 Å². The number of amides is 1. The van der Waals surface area contributed by atoms with Gasteiger partial charge in [0.25, 0.3) is 5.91 Å². The summed E-state index contributed by atoms with van der Waals surface area (Å²) in [7, 11) is 0. The molecule has 0 aliphatic heterocycles. The second kappa shape index (κ2) is 11.0. The van der Waals surface area contributed by atoms with Crippen LogP contribution in [-0.2, 0) is 17.8 Å². The van der Waals surface area contributed by atoms with Gasteiger partial charge in [-0.3, -0.25) is 4.79 Å². The van der Waals surface area contributed by atoms with E-state index in [0.717, 1.165) is 5.56 Å². The maximum Gasteiger partial charge on any atom is 0.326 e. The van der Waals surface area contributed by atoms with E-state index in [1.54, 1.807) is 18.2 Å². The van der Waals surface area contributed by atoms with Gasteiger partial charge in [0.1, 0.15) is 17.6 Å². The normalized spacial score (nSPS) is 11.7. The monoisotopic (exact) mass is 527 g/mol. The lowest BCUT2D eigenvalue weighted by atomic mass is 10.0. The van der Waals surface area contributed by atoms with Crippen molar-refractivity contribution in [3.05, 3.63) is 117 Å². The van der Waals surface area contributed by atoms with Gasteiger partial charge in [0.15, 0.2) is 0 Å². The molecule has 1 atom stereocenters. The van der Waals surface area contributed by atoms with Crippen LogP contribution in [0.4, 0.5) is 0 Å². The molecule has 1 heterocycles. The Labute approximate surface area is 217 Å². The lowest BCUT2D eigenvalue weighted by Gasteiger charge is -2.29. The molecule has 1 amide bonds. The van der Waals surface area contributed by atoms with E-state index in [-0.39, 0.29) is 23.6 Å². The van der Waals surface area contributed by atoms with Gasteiger partial charge in [-0.05, 0) is 48.0 Å². The van der Waals surface area contributed by atoms with Crippen LogP contribution >= 0.6 is 34.8 Å². The Balaban J connectivity index is 1.71. The molecule has 178 valence electrons. The number of hydrogen-bond acceptors (Lipinski definition) is 3. The summed E-state index contributed by atoms with van der Waals surface area (Å²) in [4.78, 5) is 27.3. The molecule has 35 heavy (non-hydrogen) atoms. The number of halogens is 3. The van der Waals surface area contributed by atoms with Gasteiger partial charge in [-0.25, -0.2) is 4.79 Å². The smallest absolute Gasteiger partial charge is 0.326 e. The first-order valence-electron chi connectivity index (χ1n) is 10.7. The minimum Gasteiger partial charge on any atom is -0.480 e. The van der Waals surface area contributed by atoms with Crippen LogP contribution in [0.25, 0.3) is 11.3 Å². The standard InChI is InChI=1S/C27H20Cl3NO4/c28-18-10-12-21(23(30)15-18)26(32)31(24(27(33)34)14-17-6-2-1-3-7-17)16-19-11-13-25(35-19)20-8-4-5-9-22(20)29/h1-13,15,24H,14,16H2,(H,33,34). The number of rotatable bonds is 8. The van der Waals surface area contributed by atoms with Crippen molar-refractivity contribution < 1.29 is 19.1 Å². The number of benzene rings is 3. The highest BCUT2D eigenvalue weighted by Crippen LogP contribution is 2.30. The number of carbonyl (C=O) groups is 2. The molecule has 1 unspecified atom stereocenters. The zero-order chi connectivity index (χ0) is 24.9. The fraction of sp³-hybridized carbons (Fsp3) is 0.111. The van der Waals surface area contributed by atoms with Crippen LogP contribution in [0.5, 0.6) is 0 Å². The van der Waals surface area contributed by atoms with Crippen molar-refractivity contribution in [3.8, 4) is 11.3 Å². The van der Waals surface area contributed by atoms with Crippen molar-refractivity contribution in [2.24, 2.45) is 0 Å². The van der Waals surface area contributed by atoms with Crippen LogP contribution in [0.15, 0.2) is 89.3 Å². The molecule has 0 radical (unpaired) electrons. The topological polar surface area (TPSA) is 70.8 Å². The Morgan fingerprint density at radius 3 is 2.26 bits per heavy atom. The van der Waals surface area contributed by atoms with Gasteiger partial charge in [-0.1, -0.05) is 77.3 Å². The van der Waals surface area contributed by atoms with Crippen molar-refractivity contribution in [2.75, 3.05) is 0 Å². The van der Waals surface area contributed by atoms with Crippen molar-refractivity contribution in [3.63, 3.8) is 0 Å². The Bertz CT molecular complexity index is 1350. The molecule has 4 aromatic rings. The molecule has 0 bridgehead atoms. The van der Waals surface area contributed by atoms with Gasteiger partial charge in [0.05, 0.1) is 22.2 Å². The summed E-state index contributed by atoms with van der Waals surface area (Å²) in [6.07, 6.45) is 0.102. The van der Waals surface area contributed by atoms with E-state index in [2.05, 4.69) is 0 Å². The van der Waals surface area contributed by atoms with E-state index >= 15 is 0 Å². The third-order valence-corrected chi connectivity index (χ3v) is 6.36. The van der Waals surface area contributed by atoms with E-state index in [0.29, 0.717) is 27.1 Å². The molecule has 3 aromatic carbocycles. The summed E-state index contributed by atoms with van der Waals surface area (Å²) in [5.41, 5.74) is 1.61. The molecular weight excluding hydrogens is 509 g/mol. The molecule has 5 nitrogen and oxygen atoms in total. The van der Waals surface area contributed by atoms with Crippen molar-refractivity contribution >= 4 is 46.7 Å². The van der Waals surface area contributed by atoms with E-state index in [9.17, 15) is 14.7 Å². The van der Waals surface area contributed by atoms with Gasteiger partial charge in [-0.15, -0.1) is 0 Å². The van der Waals surface area contributed by atoms with Crippen molar-refractivity contribution in [1.82, 2.24) is 4.90 Å². The van der Waals surface area contributed by atoms with Crippen LogP contribution in [0.3, 0.4) is 0 Å². The Hall–Kier alpha value is -3.25. The van der Waals surface area contributed by atoms with E-state index in [4.69, 9.17) is 39.2 Å². The Kier molecular flexibility index (Phi) is 7.81. The molecule has 0 aliphatic rings. The molecule has 8 heteroatoms. The minimum absolute atomic E-state index is 0.0912. The van der Waals surface area contributed by atoms with Crippen molar-refractivity contribution in [2.45, 2.75) is 19.0 Å². The molecule has 0 aliphatic carbocycles. The molecule has 1 aromatic heterocycles. The molecule has 0 saturated heterocycles. The quantitative estimate of drug-likeness (QED) is 0.262. The van der Waals surface area contributed by atoms with Crippen LogP contribution in [0, 0.1) is 0 Å². The van der Waals surface area contributed by atoms with Crippen LogP contribution in [-0.4, -0.2) is 27.9 Å². The first-order chi connectivity index (χ1) is 16.8. The number of furan rings is 1. The third-order valence-electron chi connectivity index (χ3n) is 5.48. The molecule has 0 fully saturated rings. The second-order valence-electron chi connectivity index (χ2n) is 7.85. The first kappa shape index (κ1) is 24.9. The average molecular weight is 529 g/mol. The summed E-state index contributed by atoms with van der Waals surface area (Å²) in [6.45, 7) is -0.0912. The van der Waals surface area contributed by atoms with Gasteiger partial charge < -0.3 is 14.4 Å². The second-order valence-corrected chi connectivity index (χ2v) is 9.10. The summed E-state index contributed by atoms with van der Waals surface area (Å²) in [5, 5.41) is 11.1. The molecular formula is C27H20Cl3NO4. The lowest BCUT2D eigenvalue weighted by molar-refractivity contribution is -0.142. The largest absolute Gasteiger partial charge is 0.480 e. The maximum absolute atomic E-state index is 13.6. The van der Waals surface area contributed by atoms with Crippen LogP contribution < -0.4 is 0 Å². The number of hydrogen-bond donors (Lipinski definition) is 1. The van der Waals surface area contributed by atoms with Crippen LogP contribution in [0.2, 0.25) is 15.1 Å². The number of carboxylic acid groups (broad SMARTS) is 1. The summed E-state index contributed by atoms with van der Waals surface area (Å²) in [5.74, 6) is -0.786. The van der Waals surface area contributed by atoms with Gasteiger partial charge in [0.2, 0.25) is 0 Å². The van der Waals surface area contributed by atoms with E-state index < -0.39 is 17.9 Å². The molecule has 0 saturated carbocycles. The SMILES string of the molecule is O=C(O)C(Cc1ccccc1)N(Cc1ccc(-c2ccccc2Cl)o1)C(=O)c1ccc(Cl)cc1Cl. The zero-order valence-corrected chi connectivity index (χ0v) is 20.6. The fourth-order valence-corrected chi connectivity index (χ4v) is 4.46.